The third-order valence-corrected chi connectivity index (χ3v) is 10.6. The fraction of sp³-hybridized carbons (Fsp3) is 0.645. The van der Waals surface area contributed by atoms with E-state index in [1.165, 1.54) is 12.8 Å². The van der Waals surface area contributed by atoms with Crippen LogP contribution < -0.4 is 0 Å². The second kappa shape index (κ2) is 8.36. The predicted molar refractivity (Wildman–Crippen MR) is 136 cm³/mol. The van der Waals surface area contributed by atoms with Gasteiger partial charge in [-0.1, -0.05) is 64.5 Å². The van der Waals surface area contributed by atoms with Gasteiger partial charge in [-0.05, 0) is 96.8 Å². The van der Waals surface area contributed by atoms with Crippen LogP contribution in [0.1, 0.15) is 89.9 Å². The Bertz CT molecular complexity index is 1020. The van der Waals surface area contributed by atoms with Crippen molar-refractivity contribution in [2.45, 2.75) is 85.7 Å². The maximum Gasteiger partial charge on any atom is 0.338 e. The van der Waals surface area contributed by atoms with E-state index >= 15 is 0 Å². The minimum absolute atomic E-state index is 0.0465. The first-order valence-corrected chi connectivity index (χ1v) is 13.4. The Kier molecular flexibility index (Phi) is 5.87. The van der Waals surface area contributed by atoms with Gasteiger partial charge in [0.15, 0.2) is 0 Å². The van der Waals surface area contributed by atoms with Gasteiger partial charge in [-0.15, -0.1) is 0 Å². The Balaban J connectivity index is 1.41. The van der Waals surface area contributed by atoms with Crippen molar-refractivity contribution >= 4 is 5.97 Å². The molecule has 1 N–H and O–H groups in total. The third-order valence-electron chi connectivity index (χ3n) is 10.6. The van der Waals surface area contributed by atoms with Crippen LogP contribution in [0.25, 0.3) is 0 Å². The van der Waals surface area contributed by atoms with Gasteiger partial charge in [0.05, 0.1) is 5.56 Å². The minimum Gasteiger partial charge on any atom is -0.458 e. The summed E-state index contributed by atoms with van der Waals surface area (Å²) in [4.78, 5) is 12.9. The molecule has 1 aromatic carbocycles. The normalized spacial score (nSPS) is 37.2. The lowest BCUT2D eigenvalue weighted by atomic mass is 9.46. The van der Waals surface area contributed by atoms with Crippen molar-refractivity contribution in [3.63, 3.8) is 0 Å². The highest BCUT2D eigenvalue weighted by atomic mass is 16.5. The quantitative estimate of drug-likeness (QED) is 0.485. The van der Waals surface area contributed by atoms with Crippen molar-refractivity contribution in [2.75, 3.05) is 6.61 Å². The first-order valence-electron chi connectivity index (χ1n) is 13.4. The van der Waals surface area contributed by atoms with Crippen LogP contribution in [0.5, 0.6) is 0 Å². The Morgan fingerprint density at radius 1 is 1.06 bits per heavy atom. The molecular formula is C31H42O3. The zero-order chi connectivity index (χ0) is 24.3. The Morgan fingerprint density at radius 2 is 1.79 bits per heavy atom. The molecule has 34 heavy (non-hydrogen) atoms. The van der Waals surface area contributed by atoms with Crippen LogP contribution in [0.4, 0.5) is 0 Å². The number of benzene rings is 1. The molecule has 4 aliphatic rings. The van der Waals surface area contributed by atoms with E-state index in [1.807, 2.05) is 30.3 Å². The number of carbonyl (C=O) groups is 1. The summed E-state index contributed by atoms with van der Waals surface area (Å²) in [7, 11) is 0. The third kappa shape index (κ3) is 3.45. The minimum atomic E-state index is -0.188. The van der Waals surface area contributed by atoms with Crippen molar-refractivity contribution in [3.8, 4) is 0 Å². The first-order chi connectivity index (χ1) is 16.1. The van der Waals surface area contributed by atoms with Gasteiger partial charge >= 0.3 is 5.97 Å². The van der Waals surface area contributed by atoms with Crippen LogP contribution in [0.3, 0.4) is 0 Å². The lowest BCUT2D eigenvalue weighted by Crippen LogP contribution is -2.54. The summed E-state index contributed by atoms with van der Waals surface area (Å²) < 4.78 is 6.17. The van der Waals surface area contributed by atoms with Gasteiger partial charge in [0, 0.05) is 12.0 Å². The first kappa shape index (κ1) is 23.9. The van der Waals surface area contributed by atoms with Crippen molar-refractivity contribution in [3.05, 3.63) is 58.7 Å². The lowest BCUT2D eigenvalue weighted by molar-refractivity contribution is -0.0993. The largest absolute Gasteiger partial charge is 0.458 e. The monoisotopic (exact) mass is 462 g/mol. The summed E-state index contributed by atoms with van der Waals surface area (Å²) in [5.74, 6) is 1.23. The summed E-state index contributed by atoms with van der Waals surface area (Å²) >= 11 is 0. The molecule has 0 saturated heterocycles. The highest BCUT2D eigenvalue weighted by Crippen LogP contribution is 2.66. The summed E-state index contributed by atoms with van der Waals surface area (Å²) in [6.07, 6.45) is 10.3. The smallest absolute Gasteiger partial charge is 0.338 e. The maximum absolute atomic E-state index is 12.9. The van der Waals surface area contributed by atoms with Crippen LogP contribution in [0.15, 0.2) is 53.1 Å². The number of carbonyl (C=O) groups excluding carboxylic acids is 1. The van der Waals surface area contributed by atoms with Crippen molar-refractivity contribution in [1.29, 1.82) is 0 Å². The van der Waals surface area contributed by atoms with Crippen LogP contribution in [0.2, 0.25) is 0 Å². The van der Waals surface area contributed by atoms with Gasteiger partial charge < -0.3 is 9.84 Å². The number of hydrogen-bond donors (Lipinski definition) is 1. The highest BCUT2D eigenvalue weighted by molar-refractivity contribution is 5.89. The van der Waals surface area contributed by atoms with Gasteiger partial charge in [-0.25, -0.2) is 4.79 Å². The van der Waals surface area contributed by atoms with E-state index in [9.17, 15) is 9.90 Å². The van der Waals surface area contributed by atoms with E-state index in [0.717, 1.165) is 32.1 Å². The molecule has 0 bridgehead atoms. The Labute approximate surface area is 205 Å². The summed E-state index contributed by atoms with van der Waals surface area (Å²) in [6, 6.07) is 9.42. The second-order valence-corrected chi connectivity index (χ2v) is 12.6. The number of fused-ring (bicyclic) bond motifs is 4. The lowest BCUT2D eigenvalue weighted by Gasteiger charge is -2.59. The Hall–Kier alpha value is -1.87. The molecule has 1 aromatic rings. The molecule has 5 rings (SSSR count). The molecule has 3 unspecified atom stereocenters. The average Bonchev–Trinajstić information content (AvgIpc) is 3.18. The molecular weight excluding hydrogens is 420 g/mol. The molecule has 0 aromatic heterocycles. The molecule has 4 aliphatic carbocycles. The number of ether oxygens (including phenoxy) is 1. The summed E-state index contributed by atoms with van der Waals surface area (Å²) in [5, 5.41) is 9.87. The number of rotatable bonds is 4. The number of aliphatic hydroxyl groups excluding tert-OH is 1. The van der Waals surface area contributed by atoms with E-state index in [1.54, 1.807) is 16.7 Å². The molecule has 0 spiro atoms. The SMILES string of the molecule is CC(CO)[C@H]1CC=C2C3=C(CC[C@@]21C)[C@@]1(C)CCC(OC(=O)c2ccccc2)C(C)(C)C1CC3. The van der Waals surface area contributed by atoms with E-state index in [0.29, 0.717) is 23.3 Å². The zero-order valence-electron chi connectivity index (χ0n) is 21.7. The van der Waals surface area contributed by atoms with Gasteiger partial charge in [0.25, 0.3) is 0 Å². The molecule has 0 amide bonds. The second-order valence-electron chi connectivity index (χ2n) is 12.6. The molecule has 3 heteroatoms. The predicted octanol–water partition coefficient (Wildman–Crippen LogP) is 7.12. The number of hydrogen-bond acceptors (Lipinski definition) is 3. The van der Waals surface area contributed by atoms with E-state index < -0.39 is 0 Å². The molecule has 0 radical (unpaired) electrons. The highest BCUT2D eigenvalue weighted by Gasteiger charge is 2.58. The summed E-state index contributed by atoms with van der Waals surface area (Å²) in [6.45, 7) is 12.1. The van der Waals surface area contributed by atoms with E-state index in [2.05, 4.69) is 40.7 Å². The van der Waals surface area contributed by atoms with E-state index in [-0.39, 0.29) is 34.9 Å². The standard InChI is InChI=1S/C31H42O3/c1-20(19-32)23-12-13-24-22-11-14-26-29(2,3)27(34-28(33)21-9-7-6-8-10-21)16-18-31(26,5)25(22)15-17-30(23,24)4/h6-10,13,20,23,26-27,32H,11-12,14-19H2,1-5H3/t20?,23-,26?,27?,30-,31-/m1/s1. The summed E-state index contributed by atoms with van der Waals surface area (Å²) in [5.41, 5.74) is 5.93. The average molecular weight is 463 g/mol. The van der Waals surface area contributed by atoms with Crippen LogP contribution >= 0.6 is 0 Å². The van der Waals surface area contributed by atoms with Gasteiger partial charge in [0.1, 0.15) is 6.10 Å². The van der Waals surface area contributed by atoms with Gasteiger partial charge in [-0.2, -0.15) is 0 Å². The van der Waals surface area contributed by atoms with Gasteiger partial charge in [-0.3, -0.25) is 0 Å². The van der Waals surface area contributed by atoms with Gasteiger partial charge in [0.2, 0.25) is 0 Å². The van der Waals surface area contributed by atoms with Crippen molar-refractivity contribution < 1.29 is 14.6 Å². The molecule has 0 aliphatic heterocycles. The molecule has 1 saturated carbocycles. The topological polar surface area (TPSA) is 46.5 Å². The number of aliphatic hydroxyl groups is 1. The number of esters is 1. The Morgan fingerprint density at radius 3 is 2.50 bits per heavy atom. The molecule has 3 nitrogen and oxygen atoms in total. The van der Waals surface area contributed by atoms with Crippen molar-refractivity contribution in [2.24, 2.45) is 34.0 Å². The molecule has 6 atom stereocenters. The van der Waals surface area contributed by atoms with E-state index in [4.69, 9.17) is 4.74 Å². The van der Waals surface area contributed by atoms with Crippen molar-refractivity contribution in [1.82, 2.24) is 0 Å². The zero-order valence-corrected chi connectivity index (χ0v) is 21.7. The fourth-order valence-corrected chi connectivity index (χ4v) is 8.67. The van der Waals surface area contributed by atoms with Crippen LogP contribution in [0, 0.1) is 34.0 Å². The number of allylic oxidation sites excluding steroid dienone is 4. The fourth-order valence-electron chi connectivity index (χ4n) is 8.67. The van der Waals surface area contributed by atoms with Crippen LogP contribution in [-0.4, -0.2) is 23.8 Å². The maximum atomic E-state index is 12.9. The molecule has 184 valence electrons. The molecule has 1 fully saturated rings. The molecule has 0 heterocycles. The van der Waals surface area contributed by atoms with Crippen LogP contribution in [-0.2, 0) is 4.74 Å².